The number of alkyl halides is 1. The van der Waals surface area contributed by atoms with Gasteiger partial charge in [-0.05, 0) is 19.1 Å². The van der Waals surface area contributed by atoms with E-state index in [1.807, 2.05) is 31.3 Å². The first-order valence-corrected chi connectivity index (χ1v) is 7.54. The summed E-state index contributed by atoms with van der Waals surface area (Å²) in [4.78, 5) is 10.2. The maximum atomic E-state index is 5.88. The van der Waals surface area contributed by atoms with Gasteiger partial charge in [0.1, 0.15) is 5.82 Å². The van der Waals surface area contributed by atoms with Gasteiger partial charge in [-0.3, -0.25) is 0 Å². The highest BCUT2D eigenvalue weighted by Crippen LogP contribution is 2.21. The second-order valence-corrected chi connectivity index (χ2v) is 6.08. The summed E-state index contributed by atoms with van der Waals surface area (Å²) in [5.41, 5.74) is 2.19. The first kappa shape index (κ1) is 12.6. The van der Waals surface area contributed by atoms with E-state index < -0.39 is 0 Å². The highest BCUT2D eigenvalue weighted by molar-refractivity contribution is 7.11. The second-order valence-electron chi connectivity index (χ2n) is 4.39. The Balaban J connectivity index is 2.06. The maximum absolute atomic E-state index is 5.88. The molecule has 19 heavy (non-hydrogen) atoms. The molecule has 0 fully saturated rings. The second kappa shape index (κ2) is 5.31. The molecule has 0 atom stereocenters. The average Bonchev–Trinajstić information content (AvgIpc) is 2.96. The lowest BCUT2D eigenvalue weighted by Gasteiger charge is -2.06. The Morgan fingerprint density at radius 1 is 1.32 bits per heavy atom. The summed E-state index contributed by atoms with van der Waals surface area (Å²) in [6, 6.07) is 8.21. The number of hydrogen-bond donors (Lipinski definition) is 0. The third-order valence-electron chi connectivity index (χ3n) is 3.03. The Morgan fingerprint density at radius 3 is 2.89 bits per heavy atom. The van der Waals surface area contributed by atoms with Gasteiger partial charge in [-0.25, -0.2) is 9.97 Å². The van der Waals surface area contributed by atoms with Crippen LogP contribution in [0.15, 0.2) is 30.5 Å². The van der Waals surface area contributed by atoms with Gasteiger partial charge in [0.25, 0.3) is 0 Å². The first-order chi connectivity index (χ1) is 9.28. The molecule has 3 aromatic rings. The van der Waals surface area contributed by atoms with Crippen LogP contribution >= 0.6 is 22.9 Å². The van der Waals surface area contributed by atoms with Gasteiger partial charge in [-0.15, -0.1) is 22.9 Å². The predicted octanol–water partition coefficient (Wildman–Crippen LogP) is 3.63. The molecule has 1 aromatic carbocycles. The lowest BCUT2D eigenvalue weighted by Crippen LogP contribution is -2.04. The minimum atomic E-state index is 0.588. The molecule has 0 N–H and O–H groups in total. The number of hydrogen-bond acceptors (Lipinski definition) is 3. The fourth-order valence-corrected chi connectivity index (χ4v) is 3.16. The number of fused-ring (bicyclic) bond motifs is 1. The standard InChI is InChI=1S/C14H14ClN3S/c1-10-16-8-11(19-10)9-18-13-5-3-2-4-12(13)17-14(18)6-7-15/h2-5,8H,6-7,9H2,1H3. The molecule has 0 radical (unpaired) electrons. The number of halogens is 1. The predicted molar refractivity (Wildman–Crippen MR) is 80.1 cm³/mol. The zero-order chi connectivity index (χ0) is 13.2. The van der Waals surface area contributed by atoms with Gasteiger partial charge in [-0.2, -0.15) is 0 Å². The van der Waals surface area contributed by atoms with Gasteiger partial charge in [0.2, 0.25) is 0 Å². The summed E-state index contributed by atoms with van der Waals surface area (Å²) >= 11 is 7.61. The Hall–Kier alpha value is -1.39. The van der Waals surface area contributed by atoms with E-state index >= 15 is 0 Å². The quantitative estimate of drug-likeness (QED) is 0.687. The third kappa shape index (κ3) is 2.51. The van der Waals surface area contributed by atoms with Crippen molar-refractivity contribution in [2.24, 2.45) is 0 Å². The van der Waals surface area contributed by atoms with Crippen LogP contribution in [0.3, 0.4) is 0 Å². The number of rotatable bonds is 4. The summed E-state index contributed by atoms with van der Waals surface area (Å²) < 4.78 is 2.24. The molecule has 0 amide bonds. The molecule has 0 bridgehead atoms. The van der Waals surface area contributed by atoms with Crippen LogP contribution in [0.2, 0.25) is 0 Å². The average molecular weight is 292 g/mol. The molecule has 0 saturated carbocycles. The van der Waals surface area contributed by atoms with E-state index in [1.54, 1.807) is 11.3 Å². The lowest BCUT2D eigenvalue weighted by molar-refractivity contribution is 0.762. The van der Waals surface area contributed by atoms with Gasteiger partial charge < -0.3 is 4.57 Å². The van der Waals surface area contributed by atoms with Crippen LogP contribution in [-0.4, -0.2) is 20.4 Å². The Bertz CT molecular complexity index is 702. The largest absolute Gasteiger partial charge is 0.323 e. The minimum Gasteiger partial charge on any atom is -0.323 e. The van der Waals surface area contributed by atoms with Crippen molar-refractivity contribution in [3.05, 3.63) is 46.2 Å². The first-order valence-electron chi connectivity index (χ1n) is 6.19. The number of imidazole rings is 1. The molecule has 0 aliphatic rings. The van der Waals surface area contributed by atoms with Crippen molar-refractivity contribution in [2.75, 3.05) is 5.88 Å². The summed E-state index contributed by atoms with van der Waals surface area (Å²) in [5, 5.41) is 1.10. The molecule has 98 valence electrons. The Kier molecular flexibility index (Phi) is 3.53. The van der Waals surface area contributed by atoms with E-state index in [1.165, 1.54) is 4.88 Å². The van der Waals surface area contributed by atoms with Gasteiger partial charge in [0, 0.05) is 23.4 Å². The SMILES string of the molecule is Cc1ncc(Cn2c(CCCl)nc3ccccc32)s1. The van der Waals surface area contributed by atoms with Crippen LogP contribution in [0.4, 0.5) is 0 Å². The molecule has 0 aliphatic heterocycles. The third-order valence-corrected chi connectivity index (χ3v) is 4.12. The van der Waals surface area contributed by atoms with Crippen molar-refractivity contribution >= 4 is 34.0 Å². The molecule has 2 aromatic heterocycles. The number of nitrogens with zero attached hydrogens (tertiary/aromatic N) is 3. The molecule has 0 aliphatic carbocycles. The Morgan fingerprint density at radius 2 is 2.16 bits per heavy atom. The van der Waals surface area contributed by atoms with Gasteiger partial charge in [0.15, 0.2) is 0 Å². The zero-order valence-corrected chi connectivity index (χ0v) is 12.2. The molecule has 2 heterocycles. The smallest absolute Gasteiger partial charge is 0.111 e. The van der Waals surface area contributed by atoms with Crippen LogP contribution in [0, 0.1) is 6.92 Å². The molecule has 0 unspecified atom stereocenters. The van der Waals surface area contributed by atoms with Crippen LogP contribution in [0.5, 0.6) is 0 Å². The maximum Gasteiger partial charge on any atom is 0.111 e. The number of aryl methyl sites for hydroxylation is 2. The molecular formula is C14H14ClN3S. The monoisotopic (exact) mass is 291 g/mol. The molecule has 0 saturated heterocycles. The van der Waals surface area contributed by atoms with E-state index in [2.05, 4.69) is 20.6 Å². The summed E-state index contributed by atoms with van der Waals surface area (Å²) in [6.07, 6.45) is 2.73. The lowest BCUT2D eigenvalue weighted by atomic mass is 10.3. The van der Waals surface area contributed by atoms with Crippen molar-refractivity contribution in [1.82, 2.24) is 14.5 Å². The highest BCUT2D eigenvalue weighted by atomic mass is 35.5. The van der Waals surface area contributed by atoms with Crippen molar-refractivity contribution in [3.8, 4) is 0 Å². The van der Waals surface area contributed by atoms with Crippen LogP contribution in [0.25, 0.3) is 11.0 Å². The van der Waals surface area contributed by atoms with Crippen molar-refractivity contribution < 1.29 is 0 Å². The molecule has 3 rings (SSSR count). The Labute approximate surface area is 120 Å². The van der Waals surface area contributed by atoms with E-state index in [-0.39, 0.29) is 0 Å². The van der Waals surface area contributed by atoms with Crippen LogP contribution < -0.4 is 0 Å². The fourth-order valence-electron chi connectivity index (χ4n) is 2.21. The topological polar surface area (TPSA) is 30.7 Å². The molecule has 3 nitrogen and oxygen atoms in total. The normalized spacial score (nSPS) is 11.3. The summed E-state index contributed by atoms with van der Waals surface area (Å²) in [6.45, 7) is 2.85. The number of para-hydroxylation sites is 2. The van der Waals surface area contributed by atoms with Gasteiger partial charge >= 0.3 is 0 Å². The summed E-state index contributed by atoms with van der Waals surface area (Å²) in [5.74, 6) is 1.63. The number of benzene rings is 1. The minimum absolute atomic E-state index is 0.588. The van der Waals surface area contributed by atoms with Crippen LogP contribution in [-0.2, 0) is 13.0 Å². The molecule has 0 spiro atoms. The fraction of sp³-hybridized carbons (Fsp3) is 0.286. The van der Waals surface area contributed by atoms with Crippen molar-refractivity contribution in [3.63, 3.8) is 0 Å². The molecule has 5 heteroatoms. The van der Waals surface area contributed by atoms with Gasteiger partial charge in [-0.1, -0.05) is 12.1 Å². The summed E-state index contributed by atoms with van der Waals surface area (Å²) in [7, 11) is 0. The van der Waals surface area contributed by atoms with E-state index in [0.29, 0.717) is 5.88 Å². The van der Waals surface area contributed by atoms with Crippen molar-refractivity contribution in [2.45, 2.75) is 19.9 Å². The molecular weight excluding hydrogens is 278 g/mol. The number of aromatic nitrogens is 3. The zero-order valence-electron chi connectivity index (χ0n) is 10.6. The van der Waals surface area contributed by atoms with Crippen LogP contribution in [0.1, 0.15) is 15.7 Å². The van der Waals surface area contributed by atoms with Crippen molar-refractivity contribution in [1.29, 1.82) is 0 Å². The van der Waals surface area contributed by atoms with E-state index in [9.17, 15) is 0 Å². The van der Waals surface area contributed by atoms with Gasteiger partial charge in [0.05, 0.1) is 22.6 Å². The van der Waals surface area contributed by atoms with E-state index in [0.717, 1.165) is 34.8 Å². The highest BCUT2D eigenvalue weighted by Gasteiger charge is 2.11. The van der Waals surface area contributed by atoms with E-state index in [4.69, 9.17) is 11.6 Å². The number of thiazole rings is 1.